The van der Waals surface area contributed by atoms with Gasteiger partial charge in [0.25, 0.3) is 0 Å². The van der Waals surface area contributed by atoms with E-state index in [0.29, 0.717) is 11.7 Å². The van der Waals surface area contributed by atoms with Gasteiger partial charge in [0, 0.05) is 16.8 Å². The Bertz CT molecular complexity index is 1740. The van der Waals surface area contributed by atoms with Crippen molar-refractivity contribution in [3.8, 4) is 22.0 Å². The van der Waals surface area contributed by atoms with Gasteiger partial charge in [0.05, 0.1) is 28.8 Å². The van der Waals surface area contributed by atoms with Crippen molar-refractivity contribution in [1.82, 2.24) is 19.7 Å². The van der Waals surface area contributed by atoms with Crippen molar-refractivity contribution in [3.05, 3.63) is 102 Å². The molecule has 0 aliphatic carbocycles. The maximum atomic E-state index is 12.8. The standard InChI is InChI=1S/C30H25N5O2S2/c1-19-5-8-21(9-6-19)28-33-34-30(35(28)17-24-4-3-15-37-24)38-18-27(36)31-23-12-10-22(11-13-23)29-32-25-14-7-20(2)16-26(25)39-29/h3-16H,17-18H2,1-2H3,(H,31,36). The molecule has 0 atom stereocenters. The minimum Gasteiger partial charge on any atom is -0.467 e. The molecule has 194 valence electrons. The van der Waals surface area contributed by atoms with Crippen LogP contribution in [0.25, 0.3) is 32.2 Å². The fraction of sp³-hybridized carbons (Fsp3) is 0.133. The van der Waals surface area contributed by atoms with Crippen LogP contribution in [0.2, 0.25) is 0 Å². The number of rotatable bonds is 8. The average Bonchev–Trinajstić information content (AvgIpc) is 3.69. The maximum Gasteiger partial charge on any atom is 0.234 e. The minimum absolute atomic E-state index is 0.118. The third kappa shape index (κ3) is 5.64. The monoisotopic (exact) mass is 551 g/mol. The molecule has 0 bridgehead atoms. The highest BCUT2D eigenvalue weighted by Gasteiger charge is 2.17. The van der Waals surface area contributed by atoms with Crippen LogP contribution < -0.4 is 5.32 Å². The van der Waals surface area contributed by atoms with Crippen LogP contribution in [-0.2, 0) is 11.3 Å². The van der Waals surface area contributed by atoms with E-state index < -0.39 is 0 Å². The zero-order valence-electron chi connectivity index (χ0n) is 21.4. The Hall–Kier alpha value is -4.21. The van der Waals surface area contributed by atoms with Gasteiger partial charge in [-0.05, 0) is 67.9 Å². The Balaban J connectivity index is 1.14. The van der Waals surface area contributed by atoms with Gasteiger partial charge in [0.1, 0.15) is 10.8 Å². The van der Waals surface area contributed by atoms with Gasteiger partial charge >= 0.3 is 0 Å². The number of aromatic nitrogens is 4. The summed E-state index contributed by atoms with van der Waals surface area (Å²) in [5.41, 5.74) is 6.11. The van der Waals surface area contributed by atoms with Crippen molar-refractivity contribution in [3.63, 3.8) is 0 Å². The highest BCUT2D eigenvalue weighted by Crippen LogP contribution is 2.31. The van der Waals surface area contributed by atoms with Gasteiger partial charge in [-0.2, -0.15) is 0 Å². The normalized spacial score (nSPS) is 11.2. The van der Waals surface area contributed by atoms with Crippen LogP contribution in [0.1, 0.15) is 16.9 Å². The number of anilines is 1. The summed E-state index contributed by atoms with van der Waals surface area (Å²) in [7, 11) is 0. The molecule has 0 saturated carbocycles. The number of fused-ring (bicyclic) bond motifs is 1. The van der Waals surface area contributed by atoms with Gasteiger partial charge in [0.15, 0.2) is 11.0 Å². The molecule has 1 N–H and O–H groups in total. The van der Waals surface area contributed by atoms with Crippen LogP contribution in [0, 0.1) is 13.8 Å². The van der Waals surface area contributed by atoms with Crippen molar-refractivity contribution >= 4 is 44.9 Å². The second-order valence-electron chi connectivity index (χ2n) is 9.24. The van der Waals surface area contributed by atoms with Crippen LogP contribution >= 0.6 is 23.1 Å². The molecule has 0 unspecified atom stereocenters. The summed E-state index contributed by atoms with van der Waals surface area (Å²) in [5, 5.41) is 13.4. The lowest BCUT2D eigenvalue weighted by Gasteiger charge is -2.09. The molecular formula is C30H25N5O2S2. The number of benzene rings is 3. The Labute approximate surface area is 233 Å². The number of carbonyl (C=O) groups is 1. The topological polar surface area (TPSA) is 85.8 Å². The van der Waals surface area contributed by atoms with Crippen LogP contribution in [-0.4, -0.2) is 31.4 Å². The number of amides is 1. The summed E-state index contributed by atoms with van der Waals surface area (Å²) in [6.45, 7) is 4.60. The molecule has 3 aromatic heterocycles. The number of carbonyl (C=O) groups excluding carboxylic acids is 1. The van der Waals surface area contributed by atoms with Crippen LogP contribution in [0.5, 0.6) is 0 Å². The number of thioether (sulfide) groups is 1. The van der Waals surface area contributed by atoms with Gasteiger partial charge < -0.3 is 9.73 Å². The smallest absolute Gasteiger partial charge is 0.234 e. The van der Waals surface area contributed by atoms with Gasteiger partial charge in [0.2, 0.25) is 5.91 Å². The lowest BCUT2D eigenvalue weighted by Crippen LogP contribution is -2.14. The third-order valence-corrected chi connectivity index (χ3v) is 8.25. The fourth-order valence-electron chi connectivity index (χ4n) is 4.19. The van der Waals surface area contributed by atoms with E-state index >= 15 is 0 Å². The quantitative estimate of drug-likeness (QED) is 0.201. The summed E-state index contributed by atoms with van der Waals surface area (Å²) in [6.07, 6.45) is 1.65. The van der Waals surface area contributed by atoms with E-state index in [0.717, 1.165) is 38.9 Å². The van der Waals surface area contributed by atoms with Crippen molar-refractivity contribution in [2.45, 2.75) is 25.5 Å². The molecule has 0 spiro atoms. The number of aryl methyl sites for hydroxylation is 2. The molecule has 9 heteroatoms. The first-order valence-corrected chi connectivity index (χ1v) is 14.2. The van der Waals surface area contributed by atoms with E-state index in [1.807, 2.05) is 72.2 Å². The second kappa shape index (κ2) is 10.9. The zero-order valence-corrected chi connectivity index (χ0v) is 23.1. The minimum atomic E-state index is -0.118. The predicted molar refractivity (Wildman–Crippen MR) is 157 cm³/mol. The van der Waals surface area contributed by atoms with Gasteiger partial charge in [-0.15, -0.1) is 21.5 Å². The highest BCUT2D eigenvalue weighted by molar-refractivity contribution is 7.99. The molecule has 1 amide bonds. The lowest BCUT2D eigenvalue weighted by atomic mass is 10.1. The molecule has 0 radical (unpaired) electrons. The third-order valence-electron chi connectivity index (χ3n) is 6.21. The Morgan fingerprint density at radius 2 is 1.72 bits per heavy atom. The molecule has 7 nitrogen and oxygen atoms in total. The zero-order chi connectivity index (χ0) is 26.8. The second-order valence-corrected chi connectivity index (χ2v) is 11.2. The highest BCUT2D eigenvalue weighted by atomic mass is 32.2. The molecule has 0 aliphatic rings. The van der Waals surface area contributed by atoms with Crippen LogP contribution in [0.4, 0.5) is 5.69 Å². The van der Waals surface area contributed by atoms with Crippen LogP contribution in [0.15, 0.2) is 94.7 Å². The number of hydrogen-bond donors (Lipinski definition) is 1. The average molecular weight is 552 g/mol. The Morgan fingerprint density at radius 1 is 0.949 bits per heavy atom. The van der Waals surface area contributed by atoms with E-state index in [4.69, 9.17) is 9.40 Å². The molecule has 39 heavy (non-hydrogen) atoms. The van der Waals surface area contributed by atoms with E-state index in [1.165, 1.54) is 27.6 Å². The molecule has 3 aromatic carbocycles. The SMILES string of the molecule is Cc1ccc(-c2nnc(SCC(=O)Nc3ccc(-c4nc5ccc(C)cc5s4)cc3)n2Cc2ccco2)cc1. The Morgan fingerprint density at radius 3 is 2.49 bits per heavy atom. The summed E-state index contributed by atoms with van der Waals surface area (Å²) < 4.78 is 8.72. The van der Waals surface area contributed by atoms with Crippen molar-refractivity contribution in [1.29, 1.82) is 0 Å². The van der Waals surface area contributed by atoms with Gasteiger partial charge in [-0.25, -0.2) is 4.98 Å². The fourth-order valence-corrected chi connectivity index (χ4v) is 6.00. The summed E-state index contributed by atoms with van der Waals surface area (Å²) in [5.74, 6) is 1.60. The van der Waals surface area contributed by atoms with E-state index in [2.05, 4.69) is 40.6 Å². The molecular weight excluding hydrogens is 526 g/mol. The maximum absolute atomic E-state index is 12.8. The number of nitrogens with one attached hydrogen (secondary N) is 1. The first-order valence-electron chi connectivity index (χ1n) is 12.4. The molecule has 3 heterocycles. The predicted octanol–water partition coefficient (Wildman–Crippen LogP) is 7.21. The van der Waals surface area contributed by atoms with Gasteiger partial charge in [-0.3, -0.25) is 9.36 Å². The lowest BCUT2D eigenvalue weighted by molar-refractivity contribution is -0.113. The summed E-state index contributed by atoms with van der Waals surface area (Å²) in [6, 6.07) is 26.0. The summed E-state index contributed by atoms with van der Waals surface area (Å²) >= 11 is 3.02. The number of thiazole rings is 1. The first-order chi connectivity index (χ1) is 19.0. The summed E-state index contributed by atoms with van der Waals surface area (Å²) in [4.78, 5) is 17.6. The van der Waals surface area contributed by atoms with E-state index in [9.17, 15) is 4.79 Å². The Kier molecular flexibility index (Phi) is 7.00. The van der Waals surface area contributed by atoms with Crippen molar-refractivity contribution < 1.29 is 9.21 Å². The van der Waals surface area contributed by atoms with E-state index in [1.54, 1.807) is 17.6 Å². The number of furan rings is 1. The molecule has 0 aliphatic heterocycles. The number of hydrogen-bond acceptors (Lipinski definition) is 7. The van der Waals surface area contributed by atoms with E-state index in [-0.39, 0.29) is 11.7 Å². The largest absolute Gasteiger partial charge is 0.467 e. The molecule has 6 aromatic rings. The first kappa shape index (κ1) is 25.1. The van der Waals surface area contributed by atoms with Crippen LogP contribution in [0.3, 0.4) is 0 Å². The molecule has 0 saturated heterocycles. The van der Waals surface area contributed by atoms with Gasteiger partial charge in [-0.1, -0.05) is 47.7 Å². The molecule has 6 rings (SSSR count). The van der Waals surface area contributed by atoms with Crippen molar-refractivity contribution in [2.75, 3.05) is 11.1 Å². The number of nitrogens with zero attached hydrogens (tertiary/aromatic N) is 4. The molecule has 0 fully saturated rings. The van der Waals surface area contributed by atoms with Crippen molar-refractivity contribution in [2.24, 2.45) is 0 Å².